The highest BCUT2D eigenvalue weighted by atomic mass is 79.9. The Hall–Kier alpha value is -2.87. The third-order valence-electron chi connectivity index (χ3n) is 4.64. The molecule has 0 spiro atoms. The molecule has 1 atom stereocenters. The van der Waals surface area contributed by atoms with Crippen molar-refractivity contribution in [3.8, 4) is 11.5 Å². The molecular formula is C18H14BrF4N3O5S. The molecular weight excluding hydrogens is 526 g/mol. The van der Waals surface area contributed by atoms with E-state index in [2.05, 4.69) is 25.1 Å². The van der Waals surface area contributed by atoms with Gasteiger partial charge in [0.05, 0.1) is 11.6 Å². The number of hydrogen-bond acceptors (Lipinski definition) is 7. The van der Waals surface area contributed by atoms with Gasteiger partial charge in [-0.05, 0) is 51.3 Å². The molecule has 1 unspecified atom stereocenters. The van der Waals surface area contributed by atoms with Crippen LogP contribution in [0.15, 0.2) is 45.9 Å². The third-order valence-corrected chi connectivity index (χ3v) is 6.22. The number of guanidine groups is 1. The minimum absolute atomic E-state index is 0.0184. The molecule has 2 aromatic carbocycles. The number of amides is 1. The number of halogens is 5. The summed E-state index contributed by atoms with van der Waals surface area (Å²) in [6.07, 6.45) is 0. The zero-order valence-corrected chi connectivity index (χ0v) is 18.7. The van der Waals surface area contributed by atoms with Gasteiger partial charge in [0.2, 0.25) is 0 Å². The van der Waals surface area contributed by atoms with Crippen LogP contribution in [0.4, 0.5) is 17.6 Å². The standard InChI is InChI=1S/C18H14BrF4N3O5S/c1-26-15(27)17(25-16(26)24,9-3-5-12(20)11(19)7-9)10-4-6-13(30-2)14(8-10)31-32(28,29)18(21,22)23/h3-8H,1-2H3,(H2,24,25). The molecule has 3 rings (SSSR count). The molecule has 8 nitrogen and oxygen atoms in total. The van der Waals surface area contributed by atoms with Gasteiger partial charge in [0.15, 0.2) is 23.0 Å². The van der Waals surface area contributed by atoms with Crippen molar-refractivity contribution in [3.05, 3.63) is 57.8 Å². The molecule has 1 heterocycles. The molecule has 0 bridgehead atoms. The van der Waals surface area contributed by atoms with Crippen LogP contribution >= 0.6 is 15.9 Å². The largest absolute Gasteiger partial charge is 0.534 e. The van der Waals surface area contributed by atoms with Crippen molar-refractivity contribution in [1.29, 1.82) is 0 Å². The number of rotatable bonds is 5. The van der Waals surface area contributed by atoms with Crippen molar-refractivity contribution < 1.29 is 39.7 Å². The van der Waals surface area contributed by atoms with Crippen molar-refractivity contribution in [2.45, 2.75) is 11.0 Å². The van der Waals surface area contributed by atoms with Crippen LogP contribution < -0.4 is 14.7 Å². The van der Waals surface area contributed by atoms with E-state index in [-0.39, 0.29) is 27.3 Å². The molecule has 0 aromatic heterocycles. The monoisotopic (exact) mass is 539 g/mol. The molecule has 2 aromatic rings. The van der Waals surface area contributed by atoms with E-state index in [9.17, 15) is 30.8 Å². The summed E-state index contributed by atoms with van der Waals surface area (Å²) in [6.45, 7) is 0. The zero-order chi connectivity index (χ0) is 24.1. The highest BCUT2D eigenvalue weighted by Crippen LogP contribution is 2.44. The molecule has 14 heteroatoms. The molecule has 0 saturated carbocycles. The van der Waals surface area contributed by atoms with Crippen molar-refractivity contribution in [2.24, 2.45) is 10.7 Å². The van der Waals surface area contributed by atoms with Crippen LogP contribution in [0.25, 0.3) is 0 Å². The lowest BCUT2D eigenvalue weighted by Gasteiger charge is -2.27. The van der Waals surface area contributed by atoms with Crippen LogP contribution in [0.2, 0.25) is 0 Å². The summed E-state index contributed by atoms with van der Waals surface area (Å²) in [5, 5.41) is 0. The van der Waals surface area contributed by atoms with Gasteiger partial charge in [-0.15, -0.1) is 0 Å². The van der Waals surface area contributed by atoms with Crippen molar-refractivity contribution in [3.63, 3.8) is 0 Å². The molecule has 1 aliphatic rings. The van der Waals surface area contributed by atoms with E-state index in [1.165, 1.54) is 25.2 Å². The summed E-state index contributed by atoms with van der Waals surface area (Å²) in [4.78, 5) is 18.4. The van der Waals surface area contributed by atoms with Gasteiger partial charge in [-0.1, -0.05) is 12.1 Å². The van der Waals surface area contributed by atoms with Gasteiger partial charge in [-0.2, -0.15) is 21.6 Å². The zero-order valence-electron chi connectivity index (χ0n) is 16.3. The van der Waals surface area contributed by atoms with Gasteiger partial charge in [0.1, 0.15) is 5.82 Å². The summed E-state index contributed by atoms with van der Waals surface area (Å²) >= 11 is 3.01. The molecule has 2 N–H and O–H groups in total. The average molecular weight is 540 g/mol. The molecule has 0 radical (unpaired) electrons. The summed E-state index contributed by atoms with van der Waals surface area (Å²) in [5.41, 5.74) is -1.84. The van der Waals surface area contributed by atoms with Gasteiger partial charge in [-0.25, -0.2) is 9.38 Å². The Kier molecular flexibility index (Phi) is 5.89. The molecule has 172 valence electrons. The first-order valence-electron chi connectivity index (χ1n) is 8.53. The van der Waals surface area contributed by atoms with Gasteiger partial charge in [0, 0.05) is 7.05 Å². The second kappa shape index (κ2) is 7.92. The number of benzene rings is 2. The number of carbonyl (C=O) groups is 1. The van der Waals surface area contributed by atoms with Crippen LogP contribution in [-0.4, -0.2) is 44.9 Å². The lowest BCUT2D eigenvalue weighted by atomic mass is 9.82. The average Bonchev–Trinajstić information content (AvgIpc) is 2.93. The van der Waals surface area contributed by atoms with Crippen LogP contribution in [0, 0.1) is 5.82 Å². The molecule has 0 saturated heterocycles. The maximum Gasteiger partial charge on any atom is 0.534 e. The van der Waals surface area contributed by atoms with Crippen LogP contribution in [-0.2, 0) is 20.5 Å². The van der Waals surface area contributed by atoms with Gasteiger partial charge in [-0.3, -0.25) is 9.69 Å². The first-order chi connectivity index (χ1) is 14.7. The fourth-order valence-electron chi connectivity index (χ4n) is 3.04. The Morgan fingerprint density at radius 1 is 1.12 bits per heavy atom. The number of nitrogens with two attached hydrogens (primary N) is 1. The first kappa shape index (κ1) is 23.8. The third kappa shape index (κ3) is 3.77. The predicted molar refractivity (Wildman–Crippen MR) is 108 cm³/mol. The van der Waals surface area contributed by atoms with Crippen LogP contribution in [0.3, 0.4) is 0 Å². The number of nitrogens with zero attached hydrogens (tertiary/aromatic N) is 2. The Balaban J connectivity index is 2.28. The second-order valence-corrected chi connectivity index (χ2v) is 8.91. The number of aliphatic imine (C=N–C) groups is 1. The number of alkyl halides is 3. The molecule has 32 heavy (non-hydrogen) atoms. The number of hydrogen-bond donors (Lipinski definition) is 1. The minimum Gasteiger partial charge on any atom is -0.493 e. The minimum atomic E-state index is -6.05. The maximum atomic E-state index is 13.8. The normalized spacial score (nSPS) is 19.2. The molecule has 1 amide bonds. The number of likely N-dealkylation sites (N-methyl/N-ethyl adjacent to an activating group) is 1. The van der Waals surface area contributed by atoms with E-state index in [0.29, 0.717) is 0 Å². The Labute approximate surface area is 187 Å². The molecule has 1 aliphatic heterocycles. The maximum absolute atomic E-state index is 13.8. The topological polar surface area (TPSA) is 111 Å². The number of ether oxygens (including phenoxy) is 1. The van der Waals surface area contributed by atoms with Crippen LogP contribution in [0.1, 0.15) is 11.1 Å². The summed E-state index contributed by atoms with van der Waals surface area (Å²) in [6, 6.07) is 6.79. The quantitative estimate of drug-likeness (QED) is 0.355. The molecule has 0 aliphatic carbocycles. The van der Waals surface area contributed by atoms with Crippen LogP contribution in [0.5, 0.6) is 11.5 Å². The number of carbonyl (C=O) groups excluding carboxylic acids is 1. The summed E-state index contributed by atoms with van der Waals surface area (Å²) < 4.78 is 84.6. The van der Waals surface area contributed by atoms with E-state index < -0.39 is 38.6 Å². The summed E-state index contributed by atoms with van der Waals surface area (Å²) in [7, 11) is -3.65. The second-order valence-electron chi connectivity index (χ2n) is 6.52. The Morgan fingerprint density at radius 2 is 1.72 bits per heavy atom. The number of methoxy groups -OCH3 is 1. The SMILES string of the molecule is COc1ccc(C2(c3ccc(F)c(Br)c3)N=C(N)N(C)C2=O)cc1OS(=O)(=O)C(F)(F)F. The van der Waals surface area contributed by atoms with Gasteiger partial charge in [0.25, 0.3) is 5.91 Å². The van der Waals surface area contributed by atoms with Crippen molar-refractivity contribution >= 4 is 37.9 Å². The molecule has 0 fully saturated rings. The fourth-order valence-corrected chi connectivity index (χ4v) is 3.88. The first-order valence-corrected chi connectivity index (χ1v) is 10.7. The Morgan fingerprint density at radius 3 is 2.22 bits per heavy atom. The predicted octanol–water partition coefficient (Wildman–Crippen LogP) is 2.86. The van der Waals surface area contributed by atoms with E-state index in [1.54, 1.807) is 0 Å². The Bertz CT molecular complexity index is 1240. The summed E-state index contributed by atoms with van der Waals surface area (Å²) in [5.74, 6) is -2.78. The van der Waals surface area contributed by atoms with Gasteiger partial charge >= 0.3 is 15.6 Å². The highest BCUT2D eigenvalue weighted by Gasteiger charge is 2.51. The van der Waals surface area contributed by atoms with E-state index in [0.717, 1.165) is 30.2 Å². The van der Waals surface area contributed by atoms with Crippen molar-refractivity contribution in [2.75, 3.05) is 14.2 Å². The smallest absolute Gasteiger partial charge is 0.493 e. The van der Waals surface area contributed by atoms with Crippen molar-refractivity contribution in [1.82, 2.24) is 4.90 Å². The van der Waals surface area contributed by atoms with E-state index >= 15 is 0 Å². The van der Waals surface area contributed by atoms with Gasteiger partial charge < -0.3 is 14.7 Å². The lowest BCUT2D eigenvalue weighted by Crippen LogP contribution is -2.41. The van der Waals surface area contributed by atoms with E-state index in [4.69, 9.17) is 10.5 Å². The highest BCUT2D eigenvalue weighted by molar-refractivity contribution is 9.10. The fraction of sp³-hybridized carbons (Fsp3) is 0.222. The van der Waals surface area contributed by atoms with E-state index in [1.807, 2.05) is 0 Å². The lowest BCUT2D eigenvalue weighted by molar-refractivity contribution is -0.129.